The Morgan fingerprint density at radius 2 is 2.00 bits per heavy atom. The zero-order chi connectivity index (χ0) is 15.6. The summed E-state index contributed by atoms with van der Waals surface area (Å²) in [4.78, 5) is 8.67. The Balaban J connectivity index is 1.70. The van der Waals surface area contributed by atoms with Crippen LogP contribution in [0.15, 0.2) is 40.9 Å². The molecule has 1 saturated carbocycles. The summed E-state index contributed by atoms with van der Waals surface area (Å²) in [6.07, 6.45) is 6.61. The predicted octanol–water partition coefficient (Wildman–Crippen LogP) is 4.22. The Morgan fingerprint density at radius 1 is 1.13 bits per heavy atom. The average Bonchev–Trinajstić information content (AvgIpc) is 3.23. The number of fused-ring (bicyclic) bond motifs is 1. The van der Waals surface area contributed by atoms with Crippen molar-refractivity contribution in [2.24, 2.45) is 0 Å². The molecule has 0 radical (unpaired) electrons. The number of hydrogen-bond acceptors (Lipinski definition) is 5. The van der Waals surface area contributed by atoms with E-state index >= 15 is 0 Å². The van der Waals surface area contributed by atoms with Crippen molar-refractivity contribution in [3.05, 3.63) is 36.5 Å². The molecular formula is C18H18N2O3. The highest BCUT2D eigenvalue weighted by atomic mass is 16.5. The quantitative estimate of drug-likeness (QED) is 0.722. The lowest BCUT2D eigenvalue weighted by Gasteiger charge is -2.16. The van der Waals surface area contributed by atoms with Gasteiger partial charge >= 0.3 is 0 Å². The number of benzene rings is 1. The molecule has 0 saturated heterocycles. The molecule has 0 unspecified atom stereocenters. The van der Waals surface area contributed by atoms with Gasteiger partial charge in [0.2, 0.25) is 11.6 Å². The summed E-state index contributed by atoms with van der Waals surface area (Å²) in [5, 5.41) is 0. The fraction of sp³-hybridized carbons (Fsp3) is 0.333. The molecular weight excluding hydrogens is 292 g/mol. The van der Waals surface area contributed by atoms with E-state index in [-0.39, 0.29) is 6.10 Å². The van der Waals surface area contributed by atoms with Gasteiger partial charge in [0.1, 0.15) is 5.52 Å². The number of aromatic nitrogens is 2. The Kier molecular flexibility index (Phi) is 3.61. The first-order chi connectivity index (χ1) is 11.3. The molecule has 1 aliphatic rings. The van der Waals surface area contributed by atoms with Gasteiger partial charge in [0.15, 0.2) is 11.5 Å². The largest absolute Gasteiger partial charge is 0.493 e. The van der Waals surface area contributed by atoms with E-state index < -0.39 is 0 Å². The minimum atomic E-state index is 0.268. The van der Waals surface area contributed by atoms with E-state index in [1.54, 1.807) is 13.3 Å². The van der Waals surface area contributed by atoms with E-state index in [2.05, 4.69) is 9.97 Å². The van der Waals surface area contributed by atoms with E-state index in [9.17, 15) is 0 Å². The normalized spacial score (nSPS) is 15.2. The number of methoxy groups -OCH3 is 1. The molecule has 0 amide bonds. The second-order valence-electron chi connectivity index (χ2n) is 5.74. The maximum atomic E-state index is 6.12. The van der Waals surface area contributed by atoms with Gasteiger partial charge in [-0.05, 0) is 56.0 Å². The molecule has 3 aromatic rings. The molecule has 1 fully saturated rings. The van der Waals surface area contributed by atoms with Crippen LogP contribution >= 0.6 is 0 Å². The van der Waals surface area contributed by atoms with Crippen molar-refractivity contribution in [3.63, 3.8) is 0 Å². The molecule has 0 N–H and O–H groups in total. The molecule has 5 heteroatoms. The maximum Gasteiger partial charge on any atom is 0.247 e. The van der Waals surface area contributed by atoms with Crippen molar-refractivity contribution < 1.29 is 13.9 Å². The number of ether oxygens (including phenoxy) is 2. The lowest BCUT2D eigenvalue weighted by atomic mass is 10.2. The van der Waals surface area contributed by atoms with Crippen LogP contribution in [0.5, 0.6) is 11.5 Å². The van der Waals surface area contributed by atoms with Crippen LogP contribution in [0.4, 0.5) is 0 Å². The molecule has 5 nitrogen and oxygen atoms in total. The van der Waals surface area contributed by atoms with Gasteiger partial charge < -0.3 is 13.9 Å². The average molecular weight is 310 g/mol. The first-order valence-corrected chi connectivity index (χ1v) is 7.90. The summed E-state index contributed by atoms with van der Waals surface area (Å²) in [6.45, 7) is 0. The summed E-state index contributed by atoms with van der Waals surface area (Å²) >= 11 is 0. The SMILES string of the molecule is COc1ccc(-c2nc3cccnc3o2)cc1OC1CCCC1. The van der Waals surface area contributed by atoms with E-state index in [1.807, 2.05) is 30.3 Å². The van der Waals surface area contributed by atoms with Gasteiger partial charge in [-0.25, -0.2) is 9.97 Å². The maximum absolute atomic E-state index is 6.12. The van der Waals surface area contributed by atoms with E-state index in [1.165, 1.54) is 12.8 Å². The summed E-state index contributed by atoms with van der Waals surface area (Å²) in [5.74, 6) is 2.01. The van der Waals surface area contributed by atoms with Crippen LogP contribution in [0, 0.1) is 0 Å². The van der Waals surface area contributed by atoms with Crippen molar-refractivity contribution in [1.82, 2.24) is 9.97 Å². The van der Waals surface area contributed by atoms with Crippen LogP contribution in [0.25, 0.3) is 22.7 Å². The number of nitrogens with zero attached hydrogens (tertiary/aromatic N) is 2. The molecule has 2 aromatic heterocycles. The van der Waals surface area contributed by atoms with Crippen molar-refractivity contribution in [2.45, 2.75) is 31.8 Å². The Labute approximate surface area is 134 Å². The number of hydrogen-bond donors (Lipinski definition) is 0. The minimum Gasteiger partial charge on any atom is -0.493 e. The zero-order valence-corrected chi connectivity index (χ0v) is 13.0. The summed E-state index contributed by atoms with van der Waals surface area (Å²) < 4.78 is 17.3. The topological polar surface area (TPSA) is 57.4 Å². The fourth-order valence-corrected chi connectivity index (χ4v) is 2.98. The molecule has 0 spiro atoms. The second-order valence-corrected chi connectivity index (χ2v) is 5.74. The number of oxazole rings is 1. The third kappa shape index (κ3) is 2.74. The Bertz CT molecular complexity index is 789. The van der Waals surface area contributed by atoms with Crippen molar-refractivity contribution >= 4 is 11.2 Å². The molecule has 23 heavy (non-hydrogen) atoms. The molecule has 1 aliphatic carbocycles. The molecule has 0 aliphatic heterocycles. The van der Waals surface area contributed by atoms with E-state index in [0.717, 1.165) is 35.4 Å². The van der Waals surface area contributed by atoms with Gasteiger partial charge in [-0.15, -0.1) is 0 Å². The molecule has 0 bridgehead atoms. The highest BCUT2D eigenvalue weighted by Gasteiger charge is 2.19. The smallest absolute Gasteiger partial charge is 0.247 e. The minimum absolute atomic E-state index is 0.268. The van der Waals surface area contributed by atoms with Gasteiger partial charge in [-0.3, -0.25) is 0 Å². The predicted molar refractivity (Wildman–Crippen MR) is 86.7 cm³/mol. The zero-order valence-electron chi connectivity index (χ0n) is 13.0. The van der Waals surface area contributed by atoms with Crippen molar-refractivity contribution in [3.8, 4) is 23.0 Å². The van der Waals surface area contributed by atoms with Crippen LogP contribution in [0.1, 0.15) is 25.7 Å². The number of pyridine rings is 1. The van der Waals surface area contributed by atoms with Gasteiger partial charge in [-0.2, -0.15) is 0 Å². The van der Waals surface area contributed by atoms with E-state index in [0.29, 0.717) is 11.6 Å². The van der Waals surface area contributed by atoms with Gasteiger partial charge in [0.25, 0.3) is 0 Å². The highest BCUT2D eigenvalue weighted by Crippen LogP contribution is 2.35. The van der Waals surface area contributed by atoms with E-state index in [4.69, 9.17) is 13.9 Å². The van der Waals surface area contributed by atoms with Crippen molar-refractivity contribution in [1.29, 1.82) is 0 Å². The monoisotopic (exact) mass is 310 g/mol. The third-order valence-corrected chi connectivity index (χ3v) is 4.17. The van der Waals surface area contributed by atoms with Crippen molar-refractivity contribution in [2.75, 3.05) is 7.11 Å². The Morgan fingerprint density at radius 3 is 2.78 bits per heavy atom. The van der Waals surface area contributed by atoms with Gasteiger partial charge in [-0.1, -0.05) is 0 Å². The van der Waals surface area contributed by atoms with Crippen LogP contribution in [-0.4, -0.2) is 23.2 Å². The first-order valence-electron chi connectivity index (χ1n) is 7.90. The number of rotatable bonds is 4. The standard InChI is InChI=1S/C18H18N2O3/c1-21-15-9-8-12(11-16(15)22-13-5-2-3-6-13)17-20-14-7-4-10-19-18(14)23-17/h4,7-11,13H,2-3,5-6H2,1H3. The summed E-state index contributed by atoms with van der Waals surface area (Å²) in [5.41, 5.74) is 2.14. The molecule has 118 valence electrons. The van der Waals surface area contributed by atoms with Crippen LogP contribution < -0.4 is 9.47 Å². The van der Waals surface area contributed by atoms with Crippen LogP contribution in [0.3, 0.4) is 0 Å². The lowest BCUT2D eigenvalue weighted by Crippen LogP contribution is -2.11. The molecule has 1 aromatic carbocycles. The third-order valence-electron chi connectivity index (χ3n) is 4.17. The second kappa shape index (κ2) is 5.91. The first kappa shape index (κ1) is 14.1. The molecule has 4 rings (SSSR count). The van der Waals surface area contributed by atoms with Gasteiger partial charge in [0.05, 0.1) is 13.2 Å². The van der Waals surface area contributed by atoms with Crippen LogP contribution in [0.2, 0.25) is 0 Å². The molecule has 2 heterocycles. The summed E-state index contributed by atoms with van der Waals surface area (Å²) in [6, 6.07) is 9.47. The fourth-order valence-electron chi connectivity index (χ4n) is 2.98. The van der Waals surface area contributed by atoms with Gasteiger partial charge in [0, 0.05) is 11.8 Å². The summed E-state index contributed by atoms with van der Waals surface area (Å²) in [7, 11) is 1.65. The Hall–Kier alpha value is -2.56. The molecule has 0 atom stereocenters. The van der Waals surface area contributed by atoms with Crippen LogP contribution in [-0.2, 0) is 0 Å². The highest BCUT2D eigenvalue weighted by molar-refractivity contribution is 5.73. The lowest BCUT2D eigenvalue weighted by molar-refractivity contribution is 0.201.